The maximum atomic E-state index is 9.72. The van der Waals surface area contributed by atoms with E-state index in [1.54, 1.807) is 5.57 Å². The van der Waals surface area contributed by atoms with Crippen LogP contribution < -0.4 is 5.32 Å². The third kappa shape index (κ3) is 2.65. The molecular formula is C16H27NO. The second-order valence-corrected chi connectivity index (χ2v) is 7.38. The van der Waals surface area contributed by atoms with E-state index in [-0.39, 0.29) is 0 Å². The Bertz CT molecular complexity index is 323. The summed E-state index contributed by atoms with van der Waals surface area (Å²) in [5, 5.41) is 13.5. The zero-order valence-electron chi connectivity index (χ0n) is 11.8. The number of allylic oxidation sites excluding steroid dienone is 2. The van der Waals surface area contributed by atoms with Gasteiger partial charge in [-0.1, -0.05) is 11.6 Å². The molecule has 4 aliphatic rings. The topological polar surface area (TPSA) is 32.3 Å². The Balaban J connectivity index is 1.48. The molecule has 0 heterocycles. The Labute approximate surface area is 111 Å². The second kappa shape index (κ2) is 4.64. The van der Waals surface area contributed by atoms with Gasteiger partial charge in [0.1, 0.15) is 0 Å². The smallest absolute Gasteiger partial charge is 0.0592 e. The van der Waals surface area contributed by atoms with Gasteiger partial charge in [-0.15, -0.1) is 0 Å². The van der Waals surface area contributed by atoms with Gasteiger partial charge in [0.15, 0.2) is 0 Å². The summed E-state index contributed by atoms with van der Waals surface area (Å²) in [6, 6.07) is 0.764. The van der Waals surface area contributed by atoms with Crippen LogP contribution in [-0.4, -0.2) is 23.3 Å². The molecule has 102 valence electrons. The summed E-state index contributed by atoms with van der Waals surface area (Å²) in [4.78, 5) is 0. The molecule has 2 fully saturated rings. The highest BCUT2D eigenvalue weighted by Gasteiger charge is 2.44. The molecule has 0 amide bonds. The fourth-order valence-electron chi connectivity index (χ4n) is 4.46. The van der Waals surface area contributed by atoms with E-state index in [2.05, 4.69) is 11.4 Å². The molecule has 2 heteroatoms. The zero-order chi connectivity index (χ0) is 12.8. The quantitative estimate of drug-likeness (QED) is 0.580. The monoisotopic (exact) mass is 249 g/mol. The van der Waals surface area contributed by atoms with E-state index in [4.69, 9.17) is 0 Å². The molecule has 4 bridgehead atoms. The van der Waals surface area contributed by atoms with E-state index < -0.39 is 5.60 Å². The van der Waals surface area contributed by atoms with Crippen molar-refractivity contribution in [3.05, 3.63) is 11.6 Å². The third-order valence-corrected chi connectivity index (χ3v) is 5.09. The summed E-state index contributed by atoms with van der Waals surface area (Å²) in [7, 11) is 0. The third-order valence-electron chi connectivity index (χ3n) is 5.09. The molecule has 2 saturated carbocycles. The van der Waals surface area contributed by atoms with E-state index in [1.165, 1.54) is 25.7 Å². The van der Waals surface area contributed by atoms with Gasteiger partial charge in [-0.2, -0.15) is 0 Å². The Morgan fingerprint density at radius 3 is 2.50 bits per heavy atom. The summed E-state index contributed by atoms with van der Waals surface area (Å²) in [5.74, 6) is 2.72. The van der Waals surface area contributed by atoms with Crippen LogP contribution in [0.5, 0.6) is 0 Å². The fraction of sp³-hybridized carbons (Fsp3) is 0.875. The van der Waals surface area contributed by atoms with Gasteiger partial charge in [0.25, 0.3) is 0 Å². The van der Waals surface area contributed by atoms with Crippen molar-refractivity contribution in [3.8, 4) is 0 Å². The van der Waals surface area contributed by atoms with Crippen molar-refractivity contribution in [2.24, 2.45) is 17.8 Å². The van der Waals surface area contributed by atoms with Gasteiger partial charge in [0, 0.05) is 6.04 Å². The second-order valence-electron chi connectivity index (χ2n) is 7.38. The van der Waals surface area contributed by atoms with Crippen molar-refractivity contribution in [2.45, 2.75) is 64.0 Å². The minimum atomic E-state index is -0.503. The van der Waals surface area contributed by atoms with E-state index in [0.717, 1.165) is 43.2 Å². The lowest BCUT2D eigenvalue weighted by Crippen LogP contribution is -2.51. The Kier molecular flexibility index (Phi) is 3.27. The lowest BCUT2D eigenvalue weighted by molar-refractivity contribution is 0.0657. The first kappa shape index (κ1) is 12.7. The average Bonchev–Trinajstić information content (AvgIpc) is 2.24. The van der Waals surface area contributed by atoms with Crippen molar-refractivity contribution in [3.63, 3.8) is 0 Å². The van der Waals surface area contributed by atoms with E-state index >= 15 is 0 Å². The van der Waals surface area contributed by atoms with Gasteiger partial charge >= 0.3 is 0 Å². The maximum Gasteiger partial charge on any atom is 0.0592 e. The number of rotatable bonds is 5. The van der Waals surface area contributed by atoms with E-state index in [9.17, 15) is 5.11 Å². The normalized spacial score (nSPS) is 38.1. The van der Waals surface area contributed by atoms with Gasteiger partial charge in [-0.05, 0) is 76.7 Å². The largest absolute Gasteiger partial charge is 0.390 e. The molecule has 2 nitrogen and oxygen atoms in total. The fourth-order valence-corrected chi connectivity index (χ4v) is 4.46. The predicted molar refractivity (Wildman–Crippen MR) is 74.3 cm³/mol. The van der Waals surface area contributed by atoms with Crippen molar-refractivity contribution in [1.82, 2.24) is 5.32 Å². The molecule has 2 unspecified atom stereocenters. The first-order valence-electron chi connectivity index (χ1n) is 7.66. The predicted octanol–water partition coefficient (Wildman–Crippen LogP) is 2.87. The molecule has 0 aromatic heterocycles. The van der Waals surface area contributed by atoms with Gasteiger partial charge in [0.05, 0.1) is 5.60 Å². The average molecular weight is 249 g/mol. The molecule has 0 saturated heterocycles. The maximum absolute atomic E-state index is 9.72. The molecule has 4 aliphatic carbocycles. The number of hydrogen-bond acceptors (Lipinski definition) is 2. The molecule has 0 radical (unpaired) electrons. The van der Waals surface area contributed by atoms with Crippen molar-refractivity contribution >= 4 is 0 Å². The summed E-state index contributed by atoms with van der Waals surface area (Å²) in [6.07, 6.45) is 10.1. The number of nitrogens with one attached hydrogen (secondary N) is 1. The van der Waals surface area contributed by atoms with E-state index in [0.29, 0.717) is 0 Å². The minimum Gasteiger partial charge on any atom is -0.390 e. The van der Waals surface area contributed by atoms with Crippen molar-refractivity contribution in [1.29, 1.82) is 0 Å². The summed E-state index contributed by atoms with van der Waals surface area (Å²) in [6.45, 7) is 4.88. The molecule has 0 aromatic rings. The van der Waals surface area contributed by atoms with Gasteiger partial charge in [-0.3, -0.25) is 0 Å². The standard InChI is InChI=1S/C16H27NO/c1-16(2,18)4-3-5-17-15-13-7-11-6-12(9-13)10-14(15)8-11/h6,11,13-15,17-18H,3-5,7-10H2,1-2H3. The molecule has 0 aliphatic heterocycles. The SMILES string of the molecule is CC(C)(O)CCCNC1C2CC3=CC(C2)CC1C3. The summed E-state index contributed by atoms with van der Waals surface area (Å²) in [5.41, 5.74) is 1.25. The van der Waals surface area contributed by atoms with Crippen LogP contribution in [0.2, 0.25) is 0 Å². The lowest BCUT2D eigenvalue weighted by Gasteiger charge is -2.50. The summed E-state index contributed by atoms with van der Waals surface area (Å²) >= 11 is 0. The van der Waals surface area contributed by atoms with Crippen LogP contribution in [0.1, 0.15) is 52.4 Å². The molecule has 2 N–H and O–H groups in total. The van der Waals surface area contributed by atoms with Gasteiger partial charge < -0.3 is 10.4 Å². The van der Waals surface area contributed by atoms with Crippen LogP contribution in [0.15, 0.2) is 11.6 Å². The zero-order valence-corrected chi connectivity index (χ0v) is 11.8. The van der Waals surface area contributed by atoms with E-state index in [1.807, 2.05) is 13.8 Å². The number of hydrogen-bond donors (Lipinski definition) is 2. The van der Waals surface area contributed by atoms with Crippen LogP contribution in [0, 0.1) is 17.8 Å². The molecule has 2 atom stereocenters. The molecular weight excluding hydrogens is 222 g/mol. The first-order chi connectivity index (χ1) is 8.51. The summed E-state index contributed by atoms with van der Waals surface area (Å²) < 4.78 is 0. The van der Waals surface area contributed by atoms with Crippen LogP contribution >= 0.6 is 0 Å². The highest BCUT2D eigenvalue weighted by molar-refractivity contribution is 5.21. The van der Waals surface area contributed by atoms with Gasteiger partial charge in [0.2, 0.25) is 0 Å². The molecule has 4 rings (SSSR count). The molecule has 0 spiro atoms. The first-order valence-corrected chi connectivity index (χ1v) is 7.66. The molecule has 0 aromatic carbocycles. The lowest BCUT2D eigenvalue weighted by atomic mass is 9.59. The van der Waals surface area contributed by atoms with Gasteiger partial charge in [-0.25, -0.2) is 0 Å². The number of aliphatic hydroxyl groups is 1. The molecule has 18 heavy (non-hydrogen) atoms. The van der Waals surface area contributed by atoms with Crippen molar-refractivity contribution < 1.29 is 5.11 Å². The highest BCUT2D eigenvalue weighted by atomic mass is 16.3. The highest BCUT2D eigenvalue weighted by Crippen LogP contribution is 2.50. The minimum absolute atomic E-state index is 0.503. The Morgan fingerprint density at radius 1 is 1.28 bits per heavy atom. The van der Waals surface area contributed by atoms with Crippen LogP contribution in [0.4, 0.5) is 0 Å². The Hall–Kier alpha value is -0.340. The Morgan fingerprint density at radius 2 is 1.94 bits per heavy atom. The van der Waals surface area contributed by atoms with Crippen LogP contribution in [-0.2, 0) is 0 Å². The van der Waals surface area contributed by atoms with Crippen LogP contribution in [0.25, 0.3) is 0 Å². The van der Waals surface area contributed by atoms with Crippen LogP contribution in [0.3, 0.4) is 0 Å². The van der Waals surface area contributed by atoms with Crippen molar-refractivity contribution in [2.75, 3.05) is 6.54 Å².